The van der Waals surface area contributed by atoms with E-state index in [1.165, 1.54) is 0 Å². The Hall–Kier alpha value is -1.89. The second-order valence-corrected chi connectivity index (χ2v) is 7.40. The predicted octanol–water partition coefficient (Wildman–Crippen LogP) is 0.998. The van der Waals surface area contributed by atoms with E-state index in [0.717, 1.165) is 49.8 Å². The van der Waals surface area contributed by atoms with Gasteiger partial charge < -0.3 is 14.5 Å². The molecule has 1 N–H and O–H groups in total. The number of aryl methyl sites for hydroxylation is 1. The molecule has 136 valence electrons. The minimum absolute atomic E-state index is 0.0160. The highest BCUT2D eigenvalue weighted by Crippen LogP contribution is 2.30. The van der Waals surface area contributed by atoms with Crippen LogP contribution in [0.15, 0.2) is 0 Å². The van der Waals surface area contributed by atoms with E-state index < -0.39 is 0 Å². The van der Waals surface area contributed by atoms with Crippen LogP contribution >= 0.6 is 0 Å². The zero-order valence-electron chi connectivity index (χ0n) is 14.8. The average molecular weight is 346 g/mol. The fourth-order valence-corrected chi connectivity index (χ4v) is 4.50. The number of carbonyl (C=O) groups excluding carboxylic acids is 2. The number of hydrogen-bond donors (Lipinski definition) is 1. The molecule has 3 saturated heterocycles. The molecule has 2 bridgehead atoms. The number of amides is 2. The van der Waals surface area contributed by atoms with Crippen LogP contribution in [0.1, 0.15) is 47.4 Å². The molecule has 0 radical (unpaired) electrons. The van der Waals surface area contributed by atoms with E-state index >= 15 is 0 Å². The molecule has 25 heavy (non-hydrogen) atoms. The maximum atomic E-state index is 13.1. The SMILES string of the molecule is COCCN1C(=O)[C@H]2CC[C@@H]1CN(C(=O)c1n[nH]c3c1CCCC3)C2. The first-order chi connectivity index (χ1) is 12.2. The number of ether oxygens (including phenoxy) is 1. The van der Waals surface area contributed by atoms with Gasteiger partial charge in [-0.05, 0) is 38.5 Å². The standard InChI is InChI=1S/C18H26N4O3/c1-25-9-8-22-13-7-6-12(17(22)23)10-21(11-13)18(24)16-14-4-2-3-5-15(14)19-20-16/h12-13H,2-11H2,1H3,(H,19,20)/t12-,13+/m0/s1. The molecule has 0 unspecified atom stereocenters. The van der Waals surface area contributed by atoms with Gasteiger partial charge in [0, 0.05) is 44.0 Å². The Kier molecular flexibility index (Phi) is 4.50. The normalized spacial score (nSPS) is 25.9. The van der Waals surface area contributed by atoms with Gasteiger partial charge in [0.1, 0.15) is 0 Å². The highest BCUT2D eigenvalue weighted by molar-refractivity contribution is 5.95. The van der Waals surface area contributed by atoms with Crippen molar-refractivity contribution in [3.63, 3.8) is 0 Å². The summed E-state index contributed by atoms with van der Waals surface area (Å²) in [6.07, 6.45) is 6.00. The van der Waals surface area contributed by atoms with Crippen molar-refractivity contribution >= 4 is 11.8 Å². The molecule has 1 aromatic rings. The number of aromatic amines is 1. The molecule has 1 aliphatic carbocycles. The van der Waals surface area contributed by atoms with Crippen LogP contribution in [0, 0.1) is 5.92 Å². The summed E-state index contributed by atoms with van der Waals surface area (Å²) in [6, 6.07) is 0.0973. The third kappa shape index (κ3) is 2.94. The second kappa shape index (κ2) is 6.78. The van der Waals surface area contributed by atoms with E-state index in [2.05, 4.69) is 10.2 Å². The Labute approximate surface area is 147 Å². The van der Waals surface area contributed by atoms with E-state index in [-0.39, 0.29) is 23.8 Å². The zero-order valence-corrected chi connectivity index (χ0v) is 14.8. The van der Waals surface area contributed by atoms with Crippen molar-refractivity contribution in [2.75, 3.05) is 33.4 Å². The Balaban J connectivity index is 1.55. The molecule has 7 nitrogen and oxygen atoms in total. The van der Waals surface area contributed by atoms with Crippen LogP contribution in [0.25, 0.3) is 0 Å². The van der Waals surface area contributed by atoms with Gasteiger partial charge in [-0.25, -0.2) is 0 Å². The van der Waals surface area contributed by atoms with E-state index in [1.807, 2.05) is 9.80 Å². The van der Waals surface area contributed by atoms with Gasteiger partial charge in [-0.3, -0.25) is 14.7 Å². The molecule has 2 atom stereocenters. The molecule has 0 aromatic carbocycles. The second-order valence-electron chi connectivity index (χ2n) is 7.40. The lowest BCUT2D eigenvalue weighted by atomic mass is 9.94. The number of nitrogens with zero attached hydrogens (tertiary/aromatic N) is 3. The van der Waals surface area contributed by atoms with Crippen LogP contribution < -0.4 is 0 Å². The molecule has 7 heteroatoms. The van der Waals surface area contributed by atoms with Crippen molar-refractivity contribution in [1.82, 2.24) is 20.0 Å². The largest absolute Gasteiger partial charge is 0.383 e. The average Bonchev–Trinajstić information content (AvgIpc) is 2.87. The number of rotatable bonds is 4. The third-order valence-electron chi connectivity index (χ3n) is 5.88. The fraction of sp³-hybridized carbons (Fsp3) is 0.722. The van der Waals surface area contributed by atoms with E-state index in [9.17, 15) is 9.59 Å². The maximum absolute atomic E-state index is 13.1. The molecule has 2 amide bonds. The number of carbonyl (C=O) groups is 2. The van der Waals surface area contributed by atoms with Gasteiger partial charge in [0.25, 0.3) is 5.91 Å². The topological polar surface area (TPSA) is 78.5 Å². The number of fused-ring (bicyclic) bond motifs is 5. The van der Waals surface area contributed by atoms with E-state index in [0.29, 0.717) is 31.9 Å². The van der Waals surface area contributed by atoms with Crippen LogP contribution in [0.5, 0.6) is 0 Å². The number of methoxy groups -OCH3 is 1. The Morgan fingerprint density at radius 3 is 2.96 bits per heavy atom. The highest BCUT2D eigenvalue weighted by atomic mass is 16.5. The summed E-state index contributed by atoms with van der Waals surface area (Å²) in [5, 5.41) is 7.38. The van der Waals surface area contributed by atoms with Crippen molar-refractivity contribution in [3.8, 4) is 0 Å². The third-order valence-corrected chi connectivity index (χ3v) is 5.88. The molecule has 1 aromatic heterocycles. The van der Waals surface area contributed by atoms with Gasteiger partial charge in [-0.2, -0.15) is 5.10 Å². The van der Waals surface area contributed by atoms with Gasteiger partial charge in [0.05, 0.1) is 12.5 Å². The smallest absolute Gasteiger partial charge is 0.274 e. The summed E-state index contributed by atoms with van der Waals surface area (Å²) >= 11 is 0. The lowest BCUT2D eigenvalue weighted by Gasteiger charge is -2.35. The van der Waals surface area contributed by atoms with Crippen molar-refractivity contribution in [3.05, 3.63) is 17.0 Å². The number of piperidine rings is 1. The monoisotopic (exact) mass is 346 g/mol. The minimum atomic E-state index is -0.0886. The van der Waals surface area contributed by atoms with Gasteiger partial charge in [-0.15, -0.1) is 0 Å². The quantitative estimate of drug-likeness (QED) is 0.882. The van der Waals surface area contributed by atoms with Gasteiger partial charge in [0.15, 0.2) is 5.69 Å². The minimum Gasteiger partial charge on any atom is -0.383 e. The summed E-state index contributed by atoms with van der Waals surface area (Å²) in [4.78, 5) is 29.6. The summed E-state index contributed by atoms with van der Waals surface area (Å²) in [5.41, 5.74) is 2.78. The van der Waals surface area contributed by atoms with Crippen molar-refractivity contribution in [2.45, 2.75) is 44.6 Å². The molecular weight excluding hydrogens is 320 g/mol. The molecule has 4 aliphatic rings. The van der Waals surface area contributed by atoms with Gasteiger partial charge in [0.2, 0.25) is 5.91 Å². The lowest BCUT2D eigenvalue weighted by Crippen LogP contribution is -2.49. The van der Waals surface area contributed by atoms with E-state index in [1.54, 1.807) is 7.11 Å². The van der Waals surface area contributed by atoms with Crippen molar-refractivity contribution in [2.24, 2.45) is 5.92 Å². The summed E-state index contributed by atoms with van der Waals surface area (Å²) in [6.45, 7) is 2.26. The predicted molar refractivity (Wildman–Crippen MR) is 91.2 cm³/mol. The van der Waals surface area contributed by atoms with Crippen LogP contribution in [0.3, 0.4) is 0 Å². The zero-order chi connectivity index (χ0) is 17.4. The number of hydrogen-bond acceptors (Lipinski definition) is 4. The Morgan fingerprint density at radius 1 is 1.28 bits per heavy atom. The van der Waals surface area contributed by atoms with E-state index in [4.69, 9.17) is 4.74 Å². The highest BCUT2D eigenvalue weighted by Gasteiger charge is 2.42. The summed E-state index contributed by atoms with van der Waals surface area (Å²) < 4.78 is 5.15. The molecule has 0 spiro atoms. The maximum Gasteiger partial charge on any atom is 0.274 e. The van der Waals surface area contributed by atoms with Gasteiger partial charge >= 0.3 is 0 Å². The van der Waals surface area contributed by atoms with Crippen molar-refractivity contribution < 1.29 is 14.3 Å². The number of nitrogens with one attached hydrogen (secondary N) is 1. The molecule has 3 aliphatic heterocycles. The van der Waals surface area contributed by atoms with Crippen LogP contribution in [-0.2, 0) is 22.4 Å². The number of H-pyrrole nitrogens is 1. The van der Waals surface area contributed by atoms with Gasteiger partial charge in [-0.1, -0.05) is 0 Å². The Bertz CT molecular complexity index is 671. The van der Waals surface area contributed by atoms with Crippen LogP contribution in [0.4, 0.5) is 0 Å². The first kappa shape index (κ1) is 16.6. The van der Waals surface area contributed by atoms with Crippen LogP contribution in [0.2, 0.25) is 0 Å². The molecule has 5 rings (SSSR count). The molecular formula is C18H26N4O3. The Morgan fingerprint density at radius 2 is 2.12 bits per heavy atom. The van der Waals surface area contributed by atoms with Crippen LogP contribution in [-0.4, -0.2) is 71.2 Å². The summed E-state index contributed by atoms with van der Waals surface area (Å²) in [7, 11) is 1.65. The number of aromatic nitrogens is 2. The summed E-state index contributed by atoms with van der Waals surface area (Å²) in [5.74, 6) is 0.0691. The fourth-order valence-electron chi connectivity index (χ4n) is 4.50. The van der Waals surface area contributed by atoms with Crippen molar-refractivity contribution in [1.29, 1.82) is 0 Å². The lowest BCUT2D eigenvalue weighted by molar-refractivity contribution is -0.140. The molecule has 4 heterocycles. The first-order valence-corrected chi connectivity index (χ1v) is 9.34. The first-order valence-electron chi connectivity index (χ1n) is 9.34. The molecule has 3 fully saturated rings. The molecule has 0 saturated carbocycles.